The Bertz CT molecular complexity index is 671. The summed E-state index contributed by atoms with van der Waals surface area (Å²) in [7, 11) is 0. The molecule has 6 nitrogen and oxygen atoms in total. The molecule has 1 aromatic carbocycles. The largest absolute Gasteiger partial charge is 0.508 e. The molecular formula is C16H19N3O3S. The van der Waals surface area contributed by atoms with E-state index in [1.807, 2.05) is 4.90 Å². The van der Waals surface area contributed by atoms with Crippen LogP contribution < -0.4 is 0 Å². The standard InChI is InChI=1S/C16H19N3O3S/c1-11-4-2-3-9-19(11)14(21)10-23-16-18-17-15(22-16)12-5-7-13(20)8-6-12/h5-8,11,20H,2-4,9-10H2,1H3/t11-/m1/s1. The fourth-order valence-corrected chi connectivity index (χ4v) is 3.31. The number of rotatable bonds is 4. The Balaban J connectivity index is 1.58. The number of nitrogens with zero attached hydrogens (tertiary/aromatic N) is 3. The molecule has 3 rings (SSSR count). The Labute approximate surface area is 138 Å². The number of thioether (sulfide) groups is 1. The van der Waals surface area contributed by atoms with E-state index in [-0.39, 0.29) is 11.7 Å². The van der Waals surface area contributed by atoms with Crippen molar-refractivity contribution in [3.05, 3.63) is 24.3 Å². The fraction of sp³-hybridized carbons (Fsp3) is 0.438. The summed E-state index contributed by atoms with van der Waals surface area (Å²) >= 11 is 1.26. The Kier molecular flexibility index (Phi) is 4.85. The Morgan fingerprint density at radius 1 is 1.35 bits per heavy atom. The van der Waals surface area contributed by atoms with E-state index < -0.39 is 0 Å². The van der Waals surface area contributed by atoms with Crippen molar-refractivity contribution in [2.75, 3.05) is 12.3 Å². The van der Waals surface area contributed by atoms with Crippen molar-refractivity contribution in [2.45, 2.75) is 37.5 Å². The monoisotopic (exact) mass is 333 g/mol. The van der Waals surface area contributed by atoms with Gasteiger partial charge in [0, 0.05) is 18.2 Å². The molecule has 0 unspecified atom stereocenters. The highest BCUT2D eigenvalue weighted by Crippen LogP contribution is 2.25. The zero-order valence-electron chi connectivity index (χ0n) is 12.9. The molecule has 1 aliphatic rings. The van der Waals surface area contributed by atoms with E-state index in [4.69, 9.17) is 4.42 Å². The smallest absolute Gasteiger partial charge is 0.277 e. The highest BCUT2D eigenvalue weighted by atomic mass is 32.2. The van der Waals surface area contributed by atoms with Crippen molar-refractivity contribution < 1.29 is 14.3 Å². The summed E-state index contributed by atoms with van der Waals surface area (Å²) in [6.45, 7) is 2.93. The maximum Gasteiger partial charge on any atom is 0.277 e. The van der Waals surface area contributed by atoms with Gasteiger partial charge in [-0.2, -0.15) is 0 Å². The lowest BCUT2D eigenvalue weighted by atomic mass is 10.0. The number of aromatic hydroxyl groups is 1. The predicted octanol–water partition coefficient (Wildman–Crippen LogP) is 2.94. The van der Waals surface area contributed by atoms with Crippen LogP contribution in [0.2, 0.25) is 0 Å². The number of amides is 1. The molecule has 1 atom stereocenters. The molecule has 1 amide bonds. The van der Waals surface area contributed by atoms with E-state index in [1.54, 1.807) is 24.3 Å². The number of phenolic OH excluding ortho intramolecular Hbond substituents is 1. The van der Waals surface area contributed by atoms with Gasteiger partial charge in [0.15, 0.2) is 0 Å². The number of carbonyl (C=O) groups is 1. The summed E-state index contributed by atoms with van der Waals surface area (Å²) in [4.78, 5) is 14.2. The average Bonchev–Trinajstić information content (AvgIpc) is 3.03. The molecule has 1 aromatic heterocycles. The number of hydrogen-bond donors (Lipinski definition) is 1. The van der Waals surface area contributed by atoms with Crippen LogP contribution in [0, 0.1) is 0 Å². The Morgan fingerprint density at radius 3 is 2.87 bits per heavy atom. The zero-order valence-corrected chi connectivity index (χ0v) is 13.8. The van der Waals surface area contributed by atoms with Crippen molar-refractivity contribution in [1.82, 2.24) is 15.1 Å². The third-order valence-corrected chi connectivity index (χ3v) is 4.77. The summed E-state index contributed by atoms with van der Waals surface area (Å²) in [5, 5.41) is 17.6. The lowest BCUT2D eigenvalue weighted by Gasteiger charge is -2.33. The van der Waals surface area contributed by atoms with E-state index >= 15 is 0 Å². The normalized spacial score (nSPS) is 18.1. The number of aromatic nitrogens is 2. The van der Waals surface area contributed by atoms with Crippen molar-refractivity contribution in [2.24, 2.45) is 0 Å². The lowest BCUT2D eigenvalue weighted by molar-refractivity contribution is -0.131. The quantitative estimate of drug-likeness (QED) is 0.867. The van der Waals surface area contributed by atoms with Gasteiger partial charge in [0.05, 0.1) is 5.75 Å². The molecule has 0 radical (unpaired) electrons. The molecule has 0 bridgehead atoms. The molecule has 1 N–H and O–H groups in total. The minimum atomic E-state index is 0.117. The van der Waals surface area contributed by atoms with Crippen LogP contribution in [-0.4, -0.2) is 44.5 Å². The minimum Gasteiger partial charge on any atom is -0.508 e. The second-order valence-corrected chi connectivity index (χ2v) is 6.57. The first kappa shape index (κ1) is 15.9. The van der Waals surface area contributed by atoms with Gasteiger partial charge in [0.2, 0.25) is 11.8 Å². The van der Waals surface area contributed by atoms with E-state index in [0.29, 0.717) is 22.9 Å². The number of likely N-dealkylation sites (tertiary alicyclic amines) is 1. The first-order valence-corrected chi connectivity index (χ1v) is 8.67. The molecular weight excluding hydrogens is 314 g/mol. The predicted molar refractivity (Wildman–Crippen MR) is 87.1 cm³/mol. The second-order valence-electron chi connectivity index (χ2n) is 5.64. The highest BCUT2D eigenvalue weighted by Gasteiger charge is 2.23. The molecule has 23 heavy (non-hydrogen) atoms. The van der Waals surface area contributed by atoms with Gasteiger partial charge in [0.1, 0.15) is 5.75 Å². The topological polar surface area (TPSA) is 79.5 Å². The number of phenols is 1. The van der Waals surface area contributed by atoms with Crippen molar-refractivity contribution in [3.8, 4) is 17.2 Å². The molecule has 7 heteroatoms. The Morgan fingerprint density at radius 2 is 2.13 bits per heavy atom. The van der Waals surface area contributed by atoms with E-state index in [2.05, 4.69) is 17.1 Å². The number of piperidine rings is 1. The van der Waals surface area contributed by atoms with Gasteiger partial charge in [-0.05, 0) is 50.5 Å². The molecule has 0 aliphatic carbocycles. The van der Waals surface area contributed by atoms with Crippen LogP contribution in [0.5, 0.6) is 5.75 Å². The summed E-state index contributed by atoms with van der Waals surface area (Å²) in [6, 6.07) is 6.85. The second kappa shape index (κ2) is 7.04. The molecule has 1 aliphatic heterocycles. The van der Waals surface area contributed by atoms with Gasteiger partial charge in [-0.25, -0.2) is 0 Å². The van der Waals surface area contributed by atoms with Crippen LogP contribution in [0.15, 0.2) is 33.9 Å². The van der Waals surface area contributed by atoms with Crippen LogP contribution in [-0.2, 0) is 4.79 Å². The molecule has 1 fully saturated rings. The summed E-state index contributed by atoms with van der Waals surface area (Å²) in [6.07, 6.45) is 3.34. The van der Waals surface area contributed by atoms with E-state index in [1.165, 1.54) is 18.2 Å². The molecule has 122 valence electrons. The van der Waals surface area contributed by atoms with Gasteiger partial charge in [-0.15, -0.1) is 10.2 Å². The fourth-order valence-electron chi connectivity index (χ4n) is 2.66. The summed E-state index contributed by atoms with van der Waals surface area (Å²) < 4.78 is 5.56. The van der Waals surface area contributed by atoms with Crippen LogP contribution >= 0.6 is 11.8 Å². The zero-order chi connectivity index (χ0) is 16.2. The third kappa shape index (κ3) is 3.85. The van der Waals surface area contributed by atoms with Crippen LogP contribution in [0.1, 0.15) is 26.2 Å². The van der Waals surface area contributed by atoms with Gasteiger partial charge in [-0.3, -0.25) is 4.79 Å². The van der Waals surface area contributed by atoms with Crippen LogP contribution in [0.4, 0.5) is 0 Å². The van der Waals surface area contributed by atoms with Gasteiger partial charge in [0.25, 0.3) is 5.22 Å². The maximum absolute atomic E-state index is 12.3. The molecule has 1 saturated heterocycles. The first-order valence-electron chi connectivity index (χ1n) is 7.68. The van der Waals surface area contributed by atoms with Gasteiger partial charge >= 0.3 is 0 Å². The van der Waals surface area contributed by atoms with Crippen LogP contribution in [0.3, 0.4) is 0 Å². The number of benzene rings is 1. The molecule has 0 spiro atoms. The molecule has 0 saturated carbocycles. The maximum atomic E-state index is 12.3. The minimum absolute atomic E-state index is 0.117. The summed E-state index contributed by atoms with van der Waals surface area (Å²) in [5.74, 6) is 0.989. The van der Waals surface area contributed by atoms with Crippen molar-refractivity contribution in [1.29, 1.82) is 0 Å². The van der Waals surface area contributed by atoms with Crippen LogP contribution in [0.25, 0.3) is 11.5 Å². The molecule has 2 heterocycles. The van der Waals surface area contributed by atoms with E-state index in [0.717, 1.165) is 24.9 Å². The SMILES string of the molecule is C[C@@H]1CCCCN1C(=O)CSc1nnc(-c2ccc(O)cc2)o1. The van der Waals surface area contributed by atoms with E-state index in [9.17, 15) is 9.90 Å². The first-order chi connectivity index (χ1) is 11.1. The van der Waals surface area contributed by atoms with Crippen molar-refractivity contribution >= 4 is 17.7 Å². The Hall–Kier alpha value is -2.02. The third-order valence-electron chi connectivity index (χ3n) is 3.96. The number of hydrogen-bond acceptors (Lipinski definition) is 6. The van der Waals surface area contributed by atoms with Crippen molar-refractivity contribution in [3.63, 3.8) is 0 Å². The number of carbonyl (C=O) groups excluding carboxylic acids is 1. The summed E-state index contributed by atoms with van der Waals surface area (Å²) in [5.41, 5.74) is 0.734. The van der Waals surface area contributed by atoms with Gasteiger partial charge < -0.3 is 14.4 Å². The average molecular weight is 333 g/mol. The lowest BCUT2D eigenvalue weighted by Crippen LogP contribution is -2.42. The highest BCUT2D eigenvalue weighted by molar-refractivity contribution is 7.99. The molecule has 2 aromatic rings. The van der Waals surface area contributed by atoms with Gasteiger partial charge in [-0.1, -0.05) is 11.8 Å².